The van der Waals surface area contributed by atoms with E-state index in [1.165, 1.54) is 0 Å². The van der Waals surface area contributed by atoms with Crippen molar-refractivity contribution in [1.29, 1.82) is 0 Å². The van der Waals surface area contributed by atoms with Gasteiger partial charge >= 0.3 is 0 Å². The predicted octanol–water partition coefficient (Wildman–Crippen LogP) is 0.0344. The van der Waals surface area contributed by atoms with E-state index in [1.807, 2.05) is 19.0 Å². The van der Waals surface area contributed by atoms with Crippen LogP contribution in [0.15, 0.2) is 0 Å². The van der Waals surface area contributed by atoms with Crippen LogP contribution in [0.5, 0.6) is 0 Å². The number of hydrogen-bond acceptors (Lipinski definition) is 5. The van der Waals surface area contributed by atoms with Gasteiger partial charge in [-0.05, 0) is 31.2 Å². The molecule has 0 saturated heterocycles. The fourth-order valence-electron chi connectivity index (χ4n) is 1.25. The quantitative estimate of drug-likeness (QED) is 0.763. The molecule has 86 valence electrons. The molecule has 0 fully saturated rings. The van der Waals surface area contributed by atoms with Crippen LogP contribution in [0.2, 0.25) is 0 Å². The van der Waals surface area contributed by atoms with Crippen molar-refractivity contribution < 1.29 is 0 Å². The molecule has 0 aliphatic rings. The van der Waals surface area contributed by atoms with Crippen molar-refractivity contribution in [2.45, 2.75) is 26.3 Å². The van der Waals surface area contributed by atoms with E-state index in [-0.39, 0.29) is 5.54 Å². The van der Waals surface area contributed by atoms with Gasteiger partial charge in [-0.2, -0.15) is 0 Å². The van der Waals surface area contributed by atoms with E-state index in [2.05, 4.69) is 41.6 Å². The molecule has 1 aromatic heterocycles. The van der Waals surface area contributed by atoms with E-state index in [4.69, 9.17) is 0 Å². The van der Waals surface area contributed by atoms with Crippen molar-refractivity contribution in [3.63, 3.8) is 0 Å². The second-order valence-corrected chi connectivity index (χ2v) is 4.70. The number of nitrogens with one attached hydrogen (secondary N) is 1. The van der Waals surface area contributed by atoms with Crippen LogP contribution in [-0.4, -0.2) is 45.9 Å². The van der Waals surface area contributed by atoms with Gasteiger partial charge < -0.3 is 10.2 Å². The molecule has 0 amide bonds. The molecule has 0 spiro atoms. The molecule has 0 aliphatic heterocycles. The summed E-state index contributed by atoms with van der Waals surface area (Å²) in [5.41, 5.74) is 0.152. The Labute approximate surface area is 90.6 Å². The van der Waals surface area contributed by atoms with Gasteiger partial charge in [0.25, 0.3) is 0 Å². The summed E-state index contributed by atoms with van der Waals surface area (Å²) in [5.74, 6) is 0.783. The van der Waals surface area contributed by atoms with E-state index in [1.54, 1.807) is 4.68 Å². The van der Waals surface area contributed by atoms with Crippen LogP contribution >= 0.6 is 0 Å². The number of nitrogens with zero attached hydrogens (tertiary/aromatic N) is 5. The molecule has 1 N–H and O–H groups in total. The van der Waals surface area contributed by atoms with Crippen LogP contribution in [0.3, 0.4) is 0 Å². The lowest BCUT2D eigenvalue weighted by Gasteiger charge is -2.23. The molecule has 15 heavy (non-hydrogen) atoms. The second-order valence-electron chi connectivity index (χ2n) is 4.70. The van der Waals surface area contributed by atoms with Crippen LogP contribution in [0.25, 0.3) is 0 Å². The van der Waals surface area contributed by atoms with Gasteiger partial charge in [0, 0.05) is 32.7 Å². The molecule has 0 aliphatic carbocycles. The van der Waals surface area contributed by atoms with Gasteiger partial charge in [0.1, 0.15) is 0 Å². The van der Waals surface area contributed by atoms with Crippen LogP contribution in [-0.2, 0) is 7.05 Å². The molecule has 1 heterocycles. The molecule has 0 atom stereocenters. The van der Waals surface area contributed by atoms with E-state index < -0.39 is 0 Å². The SMILES string of the molecule is CN(CCNC(C)(C)C)c1nnnn1C. The zero-order valence-corrected chi connectivity index (χ0v) is 10.2. The van der Waals surface area contributed by atoms with Crippen molar-refractivity contribution in [3.8, 4) is 0 Å². The highest BCUT2D eigenvalue weighted by Crippen LogP contribution is 2.03. The summed E-state index contributed by atoms with van der Waals surface area (Å²) in [4.78, 5) is 2.03. The minimum absolute atomic E-state index is 0.152. The normalized spacial score (nSPS) is 11.8. The minimum atomic E-state index is 0.152. The third-order valence-electron chi connectivity index (χ3n) is 2.04. The van der Waals surface area contributed by atoms with Gasteiger partial charge in [0.2, 0.25) is 5.95 Å². The maximum Gasteiger partial charge on any atom is 0.245 e. The van der Waals surface area contributed by atoms with Crippen LogP contribution in [0, 0.1) is 0 Å². The molecule has 0 aromatic carbocycles. The first-order valence-electron chi connectivity index (χ1n) is 5.09. The summed E-state index contributed by atoms with van der Waals surface area (Å²) in [7, 11) is 3.82. The maximum atomic E-state index is 3.93. The van der Waals surface area contributed by atoms with Gasteiger partial charge in [-0.25, -0.2) is 4.68 Å². The first kappa shape index (κ1) is 11.9. The summed E-state index contributed by atoms with van der Waals surface area (Å²) in [6, 6.07) is 0. The molecule has 1 rings (SSSR count). The Morgan fingerprint density at radius 3 is 2.53 bits per heavy atom. The number of aromatic nitrogens is 4. The standard InChI is InChI=1S/C9H20N6/c1-9(2,3)10-6-7-14(4)8-11-12-13-15(8)5/h10H,6-7H2,1-5H3. The predicted molar refractivity (Wildman–Crippen MR) is 59.8 cm³/mol. The van der Waals surface area contributed by atoms with Crippen molar-refractivity contribution >= 4 is 5.95 Å². The number of likely N-dealkylation sites (N-methyl/N-ethyl adjacent to an activating group) is 1. The van der Waals surface area contributed by atoms with E-state index in [9.17, 15) is 0 Å². The highest BCUT2D eigenvalue weighted by molar-refractivity contribution is 5.25. The lowest BCUT2D eigenvalue weighted by atomic mass is 10.1. The Morgan fingerprint density at radius 1 is 1.40 bits per heavy atom. The summed E-state index contributed by atoms with van der Waals surface area (Å²) in [6.07, 6.45) is 0. The lowest BCUT2D eigenvalue weighted by molar-refractivity contribution is 0.430. The summed E-state index contributed by atoms with van der Waals surface area (Å²) in [6.45, 7) is 8.24. The number of rotatable bonds is 4. The van der Waals surface area contributed by atoms with E-state index in [0.717, 1.165) is 19.0 Å². The summed E-state index contributed by atoms with van der Waals surface area (Å²) in [5, 5.41) is 14.7. The average Bonchev–Trinajstić information content (AvgIpc) is 2.48. The molecule has 1 aromatic rings. The Balaban J connectivity index is 2.37. The Kier molecular flexibility index (Phi) is 3.62. The number of tetrazole rings is 1. The Hall–Kier alpha value is -1.17. The van der Waals surface area contributed by atoms with E-state index in [0.29, 0.717) is 0 Å². The maximum absolute atomic E-state index is 3.93. The lowest BCUT2D eigenvalue weighted by Crippen LogP contribution is -2.41. The molecule has 6 nitrogen and oxygen atoms in total. The van der Waals surface area contributed by atoms with Crippen LogP contribution in [0.1, 0.15) is 20.8 Å². The van der Waals surface area contributed by atoms with Gasteiger partial charge in [-0.1, -0.05) is 5.10 Å². The Morgan fingerprint density at radius 2 is 2.07 bits per heavy atom. The number of aryl methyl sites for hydroxylation is 1. The van der Waals surface area contributed by atoms with Gasteiger partial charge in [-0.15, -0.1) is 0 Å². The third-order valence-corrected chi connectivity index (χ3v) is 2.04. The van der Waals surface area contributed by atoms with Crippen LogP contribution in [0.4, 0.5) is 5.95 Å². The molecule has 6 heteroatoms. The minimum Gasteiger partial charge on any atom is -0.341 e. The first-order chi connectivity index (χ1) is 6.90. The highest BCUT2D eigenvalue weighted by Gasteiger charge is 2.11. The average molecular weight is 212 g/mol. The number of hydrogen-bond donors (Lipinski definition) is 1. The zero-order valence-electron chi connectivity index (χ0n) is 10.2. The number of anilines is 1. The zero-order chi connectivity index (χ0) is 11.5. The second kappa shape index (κ2) is 4.57. The molecule has 0 saturated carbocycles. The summed E-state index contributed by atoms with van der Waals surface area (Å²) < 4.78 is 1.66. The van der Waals surface area contributed by atoms with Gasteiger partial charge in [-0.3, -0.25) is 0 Å². The molecular formula is C9H20N6. The van der Waals surface area contributed by atoms with Crippen molar-refractivity contribution in [2.24, 2.45) is 7.05 Å². The first-order valence-corrected chi connectivity index (χ1v) is 5.09. The third kappa shape index (κ3) is 3.83. The highest BCUT2D eigenvalue weighted by atomic mass is 15.6. The van der Waals surface area contributed by atoms with Crippen molar-refractivity contribution in [1.82, 2.24) is 25.5 Å². The van der Waals surface area contributed by atoms with Crippen molar-refractivity contribution in [2.75, 3.05) is 25.0 Å². The van der Waals surface area contributed by atoms with Gasteiger partial charge in [0.05, 0.1) is 0 Å². The molecule has 0 bridgehead atoms. The molecule has 0 radical (unpaired) electrons. The van der Waals surface area contributed by atoms with Crippen molar-refractivity contribution in [3.05, 3.63) is 0 Å². The largest absolute Gasteiger partial charge is 0.341 e. The summed E-state index contributed by atoms with van der Waals surface area (Å²) >= 11 is 0. The fraction of sp³-hybridized carbons (Fsp3) is 0.889. The van der Waals surface area contributed by atoms with E-state index >= 15 is 0 Å². The van der Waals surface area contributed by atoms with Gasteiger partial charge in [0.15, 0.2) is 0 Å². The molecular weight excluding hydrogens is 192 g/mol. The smallest absolute Gasteiger partial charge is 0.245 e. The topological polar surface area (TPSA) is 58.9 Å². The fourth-order valence-corrected chi connectivity index (χ4v) is 1.25. The molecule has 0 unspecified atom stereocenters. The van der Waals surface area contributed by atoms with Crippen LogP contribution < -0.4 is 10.2 Å². The monoisotopic (exact) mass is 212 g/mol. The Bertz CT molecular complexity index is 300.